The first kappa shape index (κ1) is 21.6. The molecule has 0 saturated carbocycles. The number of methoxy groups -OCH3 is 2. The number of aromatic nitrogens is 1. The number of para-hydroxylation sites is 1. The van der Waals surface area contributed by atoms with Crippen LogP contribution < -0.4 is 14.2 Å². The van der Waals surface area contributed by atoms with Gasteiger partial charge in [0, 0.05) is 24.5 Å². The lowest BCUT2D eigenvalue weighted by Crippen LogP contribution is -2.30. The maximum absolute atomic E-state index is 12.5. The Bertz CT molecular complexity index is 959. The smallest absolute Gasteiger partial charge is 0.228 e. The zero-order valence-corrected chi connectivity index (χ0v) is 18.3. The monoisotopic (exact) mass is 426 g/mol. The van der Waals surface area contributed by atoms with Crippen molar-refractivity contribution in [3.05, 3.63) is 59.6 Å². The average Bonchev–Trinajstić information content (AvgIpc) is 3.25. The minimum Gasteiger partial charge on any atom is -0.494 e. The lowest BCUT2D eigenvalue weighted by molar-refractivity contribution is -0.129. The van der Waals surface area contributed by atoms with E-state index in [2.05, 4.69) is 4.98 Å². The van der Waals surface area contributed by atoms with Gasteiger partial charge in [0.05, 0.1) is 32.9 Å². The van der Waals surface area contributed by atoms with E-state index in [-0.39, 0.29) is 12.3 Å². The molecule has 0 spiro atoms. The zero-order valence-electron chi connectivity index (χ0n) is 17.5. The van der Waals surface area contributed by atoms with E-state index in [0.717, 1.165) is 28.4 Å². The van der Waals surface area contributed by atoms with Gasteiger partial charge in [0.2, 0.25) is 5.91 Å². The number of benzene rings is 2. The molecule has 6 nitrogen and oxygen atoms in total. The fraction of sp³-hybridized carbons (Fsp3) is 0.304. The molecule has 1 aromatic heterocycles. The van der Waals surface area contributed by atoms with Crippen LogP contribution in [-0.4, -0.2) is 50.2 Å². The Labute approximate surface area is 181 Å². The van der Waals surface area contributed by atoms with Crippen molar-refractivity contribution in [3.8, 4) is 27.8 Å². The number of amides is 1. The Morgan fingerprint density at radius 2 is 1.83 bits per heavy atom. The zero-order chi connectivity index (χ0) is 21.3. The van der Waals surface area contributed by atoms with E-state index in [0.29, 0.717) is 24.7 Å². The first-order valence-electron chi connectivity index (χ1n) is 9.69. The summed E-state index contributed by atoms with van der Waals surface area (Å²) < 4.78 is 16.3. The summed E-state index contributed by atoms with van der Waals surface area (Å²) in [5, 5.41) is 2.77. The molecule has 0 aliphatic carbocycles. The maximum Gasteiger partial charge on any atom is 0.228 e. The van der Waals surface area contributed by atoms with E-state index >= 15 is 0 Å². The molecule has 0 atom stereocenters. The average molecular weight is 427 g/mol. The number of carbonyl (C=O) groups is 1. The molecule has 1 heterocycles. The quantitative estimate of drug-likeness (QED) is 0.453. The largest absolute Gasteiger partial charge is 0.494 e. The first-order chi connectivity index (χ1) is 14.6. The molecule has 7 heteroatoms. The standard InChI is InChI=1S/C23H26N2O4S/c1-25(12-7-13-29-19-8-5-4-6-9-19)22(26)15-18-16-30-23(24-18)17-10-11-20(27-2)21(14-17)28-3/h4-6,8-11,14,16H,7,12-13,15H2,1-3H3. The molecule has 3 rings (SSSR count). The summed E-state index contributed by atoms with van der Waals surface area (Å²) in [6, 6.07) is 15.4. The summed E-state index contributed by atoms with van der Waals surface area (Å²) in [6.07, 6.45) is 1.05. The Kier molecular flexibility index (Phi) is 7.68. The molecule has 0 aliphatic heterocycles. The fourth-order valence-electron chi connectivity index (χ4n) is 2.91. The van der Waals surface area contributed by atoms with Gasteiger partial charge < -0.3 is 19.1 Å². The molecule has 2 aromatic carbocycles. The lowest BCUT2D eigenvalue weighted by Gasteiger charge is -2.16. The van der Waals surface area contributed by atoms with Crippen molar-refractivity contribution in [1.29, 1.82) is 0 Å². The summed E-state index contributed by atoms with van der Waals surface area (Å²) in [4.78, 5) is 18.9. The highest BCUT2D eigenvalue weighted by molar-refractivity contribution is 7.13. The van der Waals surface area contributed by atoms with E-state index in [1.165, 1.54) is 11.3 Å². The molecular weight excluding hydrogens is 400 g/mol. The summed E-state index contributed by atoms with van der Waals surface area (Å²) in [5.74, 6) is 2.21. The van der Waals surface area contributed by atoms with Crippen LogP contribution in [0.3, 0.4) is 0 Å². The van der Waals surface area contributed by atoms with E-state index in [1.807, 2.05) is 61.0 Å². The SMILES string of the molecule is COc1ccc(-c2nc(CC(=O)N(C)CCCOc3ccccc3)cs2)cc1OC. The third-order valence-electron chi connectivity index (χ3n) is 4.59. The Hall–Kier alpha value is -3.06. The van der Waals surface area contributed by atoms with Crippen LogP contribution in [0.4, 0.5) is 0 Å². The van der Waals surface area contributed by atoms with Crippen LogP contribution in [0.25, 0.3) is 10.6 Å². The van der Waals surface area contributed by atoms with Crippen LogP contribution >= 0.6 is 11.3 Å². The predicted octanol–water partition coefficient (Wildman–Crippen LogP) is 4.30. The van der Waals surface area contributed by atoms with Gasteiger partial charge in [0.1, 0.15) is 10.8 Å². The number of rotatable bonds is 10. The molecule has 0 radical (unpaired) electrons. The highest BCUT2D eigenvalue weighted by Gasteiger charge is 2.14. The van der Waals surface area contributed by atoms with Gasteiger partial charge in [-0.05, 0) is 36.8 Å². The summed E-state index contributed by atoms with van der Waals surface area (Å²) in [7, 11) is 5.02. The van der Waals surface area contributed by atoms with Gasteiger partial charge in [-0.2, -0.15) is 0 Å². The Morgan fingerprint density at radius 3 is 2.57 bits per heavy atom. The number of nitrogens with zero attached hydrogens (tertiary/aromatic N) is 2. The van der Waals surface area contributed by atoms with E-state index in [4.69, 9.17) is 14.2 Å². The van der Waals surface area contributed by atoms with Crippen LogP contribution in [0.2, 0.25) is 0 Å². The summed E-state index contributed by atoms with van der Waals surface area (Å²) in [6.45, 7) is 1.21. The minimum atomic E-state index is 0.0406. The third kappa shape index (κ3) is 5.73. The van der Waals surface area contributed by atoms with Gasteiger partial charge in [0.15, 0.2) is 11.5 Å². The molecule has 158 valence electrons. The van der Waals surface area contributed by atoms with Crippen molar-refractivity contribution in [2.45, 2.75) is 12.8 Å². The highest BCUT2D eigenvalue weighted by Crippen LogP contribution is 2.33. The molecule has 0 bridgehead atoms. The van der Waals surface area contributed by atoms with Gasteiger partial charge in [-0.25, -0.2) is 4.98 Å². The van der Waals surface area contributed by atoms with Gasteiger partial charge in [0.25, 0.3) is 0 Å². The van der Waals surface area contributed by atoms with Crippen LogP contribution in [0.5, 0.6) is 17.2 Å². The minimum absolute atomic E-state index is 0.0406. The van der Waals surface area contributed by atoms with Crippen molar-refractivity contribution in [1.82, 2.24) is 9.88 Å². The van der Waals surface area contributed by atoms with Crippen LogP contribution in [0.15, 0.2) is 53.9 Å². The van der Waals surface area contributed by atoms with E-state index in [1.54, 1.807) is 19.1 Å². The van der Waals surface area contributed by atoms with Crippen LogP contribution in [-0.2, 0) is 11.2 Å². The second-order valence-corrected chi connectivity index (χ2v) is 7.58. The van der Waals surface area contributed by atoms with Crippen molar-refractivity contribution < 1.29 is 19.0 Å². The molecule has 0 unspecified atom stereocenters. The molecule has 3 aromatic rings. The van der Waals surface area contributed by atoms with Crippen molar-refractivity contribution >= 4 is 17.2 Å². The summed E-state index contributed by atoms with van der Waals surface area (Å²) >= 11 is 1.51. The van der Waals surface area contributed by atoms with Crippen LogP contribution in [0.1, 0.15) is 12.1 Å². The number of carbonyl (C=O) groups excluding carboxylic acids is 1. The highest BCUT2D eigenvalue weighted by atomic mass is 32.1. The molecule has 0 N–H and O–H groups in total. The van der Waals surface area contributed by atoms with Gasteiger partial charge in [-0.3, -0.25) is 4.79 Å². The molecule has 0 saturated heterocycles. The molecular formula is C23H26N2O4S. The van der Waals surface area contributed by atoms with E-state index in [9.17, 15) is 4.79 Å². The van der Waals surface area contributed by atoms with Crippen LogP contribution in [0, 0.1) is 0 Å². The van der Waals surface area contributed by atoms with Gasteiger partial charge >= 0.3 is 0 Å². The number of hydrogen-bond donors (Lipinski definition) is 0. The van der Waals surface area contributed by atoms with Crippen molar-refractivity contribution in [2.24, 2.45) is 0 Å². The molecule has 0 aliphatic rings. The second kappa shape index (κ2) is 10.6. The fourth-order valence-corrected chi connectivity index (χ4v) is 3.73. The predicted molar refractivity (Wildman–Crippen MR) is 119 cm³/mol. The number of thiazole rings is 1. The van der Waals surface area contributed by atoms with Gasteiger partial charge in [-0.15, -0.1) is 11.3 Å². The second-order valence-electron chi connectivity index (χ2n) is 6.72. The maximum atomic E-state index is 12.5. The topological polar surface area (TPSA) is 60.9 Å². The van der Waals surface area contributed by atoms with Gasteiger partial charge in [-0.1, -0.05) is 18.2 Å². The molecule has 0 fully saturated rings. The van der Waals surface area contributed by atoms with E-state index < -0.39 is 0 Å². The number of hydrogen-bond acceptors (Lipinski definition) is 6. The number of ether oxygens (including phenoxy) is 3. The number of likely N-dealkylation sites (N-methyl/N-ethyl adjacent to an activating group) is 1. The Balaban J connectivity index is 1.50. The molecule has 30 heavy (non-hydrogen) atoms. The normalized spacial score (nSPS) is 10.5. The Morgan fingerprint density at radius 1 is 1.07 bits per heavy atom. The van der Waals surface area contributed by atoms with Crippen molar-refractivity contribution in [3.63, 3.8) is 0 Å². The van der Waals surface area contributed by atoms with Crippen molar-refractivity contribution in [2.75, 3.05) is 34.4 Å². The lowest BCUT2D eigenvalue weighted by atomic mass is 10.2. The first-order valence-corrected chi connectivity index (χ1v) is 10.6. The summed E-state index contributed by atoms with van der Waals surface area (Å²) in [5.41, 5.74) is 1.70. The third-order valence-corrected chi connectivity index (χ3v) is 5.53. The molecule has 1 amide bonds.